The zero-order valence-electron chi connectivity index (χ0n) is 14.4. The normalized spacial score (nSPS) is 13.4. The Labute approximate surface area is 152 Å². The molecule has 1 aromatic carbocycles. The van der Waals surface area contributed by atoms with Crippen LogP contribution in [0.4, 0.5) is 0 Å². The van der Waals surface area contributed by atoms with Crippen LogP contribution in [0.25, 0.3) is 0 Å². The Morgan fingerprint density at radius 1 is 1.24 bits per heavy atom. The van der Waals surface area contributed by atoms with Gasteiger partial charge < -0.3 is 14.4 Å². The van der Waals surface area contributed by atoms with Gasteiger partial charge in [-0.1, -0.05) is 23.7 Å². The van der Waals surface area contributed by atoms with Gasteiger partial charge in [0.2, 0.25) is 5.88 Å². The molecule has 0 atom stereocenters. The summed E-state index contributed by atoms with van der Waals surface area (Å²) in [6, 6.07) is 11.3. The molecule has 1 fully saturated rings. The molecule has 3 rings (SSSR count). The number of ether oxygens (including phenoxy) is 2. The minimum Gasteiger partial charge on any atom is -0.497 e. The second kappa shape index (κ2) is 7.74. The van der Waals surface area contributed by atoms with E-state index in [9.17, 15) is 4.79 Å². The maximum Gasteiger partial charge on any atom is 0.274 e. The Morgan fingerprint density at radius 3 is 2.56 bits per heavy atom. The molecule has 0 unspecified atom stereocenters. The monoisotopic (exact) mass is 360 g/mol. The van der Waals surface area contributed by atoms with Gasteiger partial charge in [-0.25, -0.2) is 4.98 Å². The summed E-state index contributed by atoms with van der Waals surface area (Å²) in [7, 11) is 1.63. The average molecular weight is 361 g/mol. The fourth-order valence-corrected chi connectivity index (χ4v) is 2.81. The Balaban J connectivity index is 1.82. The fourth-order valence-electron chi connectivity index (χ4n) is 2.62. The molecule has 0 radical (unpaired) electrons. The number of methoxy groups -OCH3 is 1. The smallest absolute Gasteiger partial charge is 0.274 e. The van der Waals surface area contributed by atoms with Crippen LogP contribution in [-0.2, 0) is 6.54 Å². The van der Waals surface area contributed by atoms with Gasteiger partial charge in [0, 0.05) is 18.7 Å². The Kier molecular flexibility index (Phi) is 5.43. The van der Waals surface area contributed by atoms with Gasteiger partial charge >= 0.3 is 0 Å². The van der Waals surface area contributed by atoms with Crippen molar-refractivity contribution in [3.63, 3.8) is 0 Å². The summed E-state index contributed by atoms with van der Waals surface area (Å²) < 4.78 is 10.6. The Bertz CT molecular complexity index is 745. The fraction of sp³-hybridized carbons (Fsp3) is 0.368. The minimum atomic E-state index is -0.162. The second-order valence-corrected chi connectivity index (χ2v) is 6.33. The number of aromatic nitrogens is 1. The molecule has 6 heteroatoms. The molecule has 25 heavy (non-hydrogen) atoms. The molecule has 1 aliphatic rings. The van der Waals surface area contributed by atoms with E-state index in [2.05, 4.69) is 4.98 Å². The predicted molar refractivity (Wildman–Crippen MR) is 96.3 cm³/mol. The maximum absolute atomic E-state index is 13.0. The van der Waals surface area contributed by atoms with Gasteiger partial charge in [-0.3, -0.25) is 4.79 Å². The van der Waals surface area contributed by atoms with Crippen molar-refractivity contribution in [2.45, 2.75) is 32.4 Å². The largest absolute Gasteiger partial charge is 0.497 e. The lowest BCUT2D eigenvalue weighted by molar-refractivity contribution is 0.0723. The van der Waals surface area contributed by atoms with Crippen LogP contribution in [0, 0.1) is 0 Å². The zero-order valence-corrected chi connectivity index (χ0v) is 15.1. The van der Waals surface area contributed by atoms with Crippen molar-refractivity contribution >= 4 is 17.5 Å². The van der Waals surface area contributed by atoms with Crippen LogP contribution < -0.4 is 9.47 Å². The number of rotatable bonds is 7. The highest BCUT2D eigenvalue weighted by Crippen LogP contribution is 2.31. The van der Waals surface area contributed by atoms with Gasteiger partial charge in [-0.05, 0) is 43.5 Å². The van der Waals surface area contributed by atoms with Crippen molar-refractivity contribution in [1.82, 2.24) is 9.88 Å². The van der Waals surface area contributed by atoms with Crippen LogP contribution in [0.5, 0.6) is 11.6 Å². The first-order valence-corrected chi connectivity index (χ1v) is 8.73. The van der Waals surface area contributed by atoms with Crippen molar-refractivity contribution in [1.29, 1.82) is 0 Å². The minimum absolute atomic E-state index is 0.162. The number of amides is 1. The summed E-state index contributed by atoms with van der Waals surface area (Å²) in [5, 5.41) is 0.342. The highest BCUT2D eigenvalue weighted by atomic mass is 35.5. The van der Waals surface area contributed by atoms with E-state index in [1.54, 1.807) is 19.2 Å². The van der Waals surface area contributed by atoms with E-state index in [0.717, 1.165) is 24.2 Å². The third-order valence-corrected chi connectivity index (χ3v) is 4.38. The summed E-state index contributed by atoms with van der Waals surface area (Å²) in [5.74, 6) is 1.04. The van der Waals surface area contributed by atoms with Gasteiger partial charge in [0.15, 0.2) is 5.69 Å². The van der Waals surface area contributed by atoms with E-state index in [0.29, 0.717) is 24.1 Å². The summed E-state index contributed by atoms with van der Waals surface area (Å²) in [6.07, 6.45) is 2.01. The van der Waals surface area contributed by atoms with E-state index >= 15 is 0 Å². The number of carbonyl (C=O) groups is 1. The predicted octanol–water partition coefficient (Wildman–Crippen LogP) is 3.95. The molecule has 1 aromatic heterocycles. The number of pyridine rings is 1. The van der Waals surface area contributed by atoms with E-state index in [4.69, 9.17) is 21.1 Å². The van der Waals surface area contributed by atoms with E-state index in [1.807, 2.05) is 36.1 Å². The van der Waals surface area contributed by atoms with Crippen LogP contribution in [0.15, 0.2) is 36.4 Å². The first-order chi connectivity index (χ1) is 12.1. The second-order valence-electron chi connectivity index (χ2n) is 5.93. The van der Waals surface area contributed by atoms with E-state index < -0.39 is 0 Å². The van der Waals surface area contributed by atoms with Crippen LogP contribution in [-0.4, -0.2) is 35.5 Å². The van der Waals surface area contributed by atoms with E-state index in [-0.39, 0.29) is 17.6 Å². The van der Waals surface area contributed by atoms with Crippen LogP contribution >= 0.6 is 11.6 Å². The van der Waals surface area contributed by atoms with Crippen molar-refractivity contribution in [2.75, 3.05) is 13.7 Å². The van der Waals surface area contributed by atoms with Gasteiger partial charge in [0.05, 0.1) is 18.7 Å². The third-order valence-electron chi connectivity index (χ3n) is 4.08. The lowest BCUT2D eigenvalue weighted by atomic mass is 10.2. The molecular formula is C19H21ClN2O3. The van der Waals surface area contributed by atoms with Crippen LogP contribution in [0.1, 0.15) is 35.8 Å². The number of benzene rings is 1. The summed E-state index contributed by atoms with van der Waals surface area (Å²) in [5.41, 5.74) is 1.28. The molecule has 1 saturated carbocycles. The lowest BCUT2D eigenvalue weighted by Crippen LogP contribution is -2.33. The summed E-state index contributed by atoms with van der Waals surface area (Å²) in [6.45, 7) is 2.88. The average Bonchev–Trinajstić information content (AvgIpc) is 3.46. The third kappa shape index (κ3) is 4.23. The number of hydrogen-bond donors (Lipinski definition) is 0. The topological polar surface area (TPSA) is 51.7 Å². The molecule has 1 amide bonds. The highest BCUT2D eigenvalue weighted by molar-refractivity contribution is 6.33. The van der Waals surface area contributed by atoms with Crippen LogP contribution in [0.3, 0.4) is 0 Å². The number of hydrogen-bond acceptors (Lipinski definition) is 4. The van der Waals surface area contributed by atoms with Crippen molar-refractivity contribution in [3.8, 4) is 11.6 Å². The van der Waals surface area contributed by atoms with Crippen LogP contribution in [0.2, 0.25) is 5.02 Å². The quantitative estimate of drug-likeness (QED) is 0.750. The molecule has 0 aliphatic heterocycles. The summed E-state index contributed by atoms with van der Waals surface area (Å²) >= 11 is 6.22. The van der Waals surface area contributed by atoms with Crippen molar-refractivity contribution < 1.29 is 14.3 Å². The molecule has 1 aliphatic carbocycles. The highest BCUT2D eigenvalue weighted by Gasteiger charge is 2.34. The molecule has 0 saturated heterocycles. The zero-order chi connectivity index (χ0) is 17.8. The molecule has 1 heterocycles. The molecule has 0 spiro atoms. The molecule has 0 bridgehead atoms. The maximum atomic E-state index is 13.0. The first-order valence-electron chi connectivity index (χ1n) is 8.35. The molecule has 5 nitrogen and oxygen atoms in total. The summed E-state index contributed by atoms with van der Waals surface area (Å²) in [4.78, 5) is 19.2. The van der Waals surface area contributed by atoms with Crippen molar-refractivity contribution in [3.05, 3.63) is 52.7 Å². The van der Waals surface area contributed by atoms with Crippen molar-refractivity contribution in [2.24, 2.45) is 0 Å². The number of nitrogens with zero attached hydrogens (tertiary/aromatic N) is 2. The lowest BCUT2D eigenvalue weighted by Gasteiger charge is -2.23. The van der Waals surface area contributed by atoms with E-state index in [1.165, 1.54) is 0 Å². The first kappa shape index (κ1) is 17.5. The molecule has 0 N–H and O–H groups in total. The molecular weight excluding hydrogens is 340 g/mol. The Morgan fingerprint density at radius 2 is 1.96 bits per heavy atom. The van der Waals surface area contributed by atoms with Gasteiger partial charge in [-0.2, -0.15) is 0 Å². The molecule has 2 aromatic rings. The SMILES string of the molecule is CCOc1ccc(Cl)c(C(=O)N(Cc2ccc(OC)cc2)C2CC2)n1. The standard InChI is InChI=1S/C19H21ClN2O3/c1-3-25-17-11-10-16(20)18(21-17)19(23)22(14-6-7-14)12-13-4-8-15(24-2)9-5-13/h4-5,8-11,14H,3,6-7,12H2,1-2H3. The van der Waals surface area contributed by atoms with Gasteiger partial charge in [0.1, 0.15) is 5.75 Å². The number of halogens is 1. The van der Waals surface area contributed by atoms with Gasteiger partial charge in [-0.15, -0.1) is 0 Å². The number of carbonyl (C=O) groups excluding carboxylic acids is 1. The Hall–Kier alpha value is -2.27. The molecule has 132 valence electrons. The van der Waals surface area contributed by atoms with Gasteiger partial charge in [0.25, 0.3) is 5.91 Å².